The molecule has 0 radical (unpaired) electrons. The lowest BCUT2D eigenvalue weighted by atomic mass is 10.1. The van der Waals surface area contributed by atoms with Crippen LogP contribution in [0.5, 0.6) is 0 Å². The monoisotopic (exact) mass is 357 g/mol. The van der Waals surface area contributed by atoms with Gasteiger partial charge in [-0.3, -0.25) is 25.3 Å². The minimum Gasteiger partial charge on any atom is -0.454 e. The predicted octanol–water partition coefficient (Wildman–Crippen LogP) is 2.91. The number of carbonyl (C=O) groups is 2. The number of nitrogens with one attached hydrogen (secondary N) is 2. The van der Waals surface area contributed by atoms with E-state index >= 15 is 0 Å². The lowest BCUT2D eigenvalue weighted by molar-refractivity contribution is -0.121. The maximum Gasteiger partial charge on any atom is 0.305 e. The molecule has 0 aliphatic carbocycles. The fourth-order valence-electron chi connectivity index (χ4n) is 2.60. The summed E-state index contributed by atoms with van der Waals surface area (Å²) >= 11 is 0. The fourth-order valence-corrected chi connectivity index (χ4v) is 2.60. The third-order valence-corrected chi connectivity index (χ3v) is 4.19. The Kier molecular flexibility index (Phi) is 7.89. The lowest BCUT2D eigenvalue weighted by Crippen LogP contribution is -2.41. The highest BCUT2D eigenvalue weighted by Gasteiger charge is 2.13. The highest BCUT2D eigenvalue weighted by Crippen LogP contribution is 2.10. The molecule has 1 aromatic carbocycles. The molecule has 140 valence electrons. The number of hydrogen-bond donors (Lipinski definition) is 2. The summed E-state index contributed by atoms with van der Waals surface area (Å²) in [7, 11) is 0. The molecule has 2 aromatic rings. The lowest BCUT2D eigenvalue weighted by Gasteiger charge is -2.15. The first-order valence-corrected chi connectivity index (χ1v) is 9.06. The van der Waals surface area contributed by atoms with Crippen molar-refractivity contribution in [1.82, 2.24) is 15.8 Å². The van der Waals surface area contributed by atoms with Crippen LogP contribution in [0.4, 0.5) is 0 Å². The first-order chi connectivity index (χ1) is 12.6. The van der Waals surface area contributed by atoms with E-state index in [0.717, 1.165) is 31.7 Å². The molecule has 0 aliphatic heterocycles. The van der Waals surface area contributed by atoms with Gasteiger partial charge in [-0.2, -0.15) is 0 Å². The standard InChI is InChI=1S/C20H27N3O3/c1-3-23(4-2)15-17-13-14-18(26-17)20(25)22-21-19(24)12-8-11-16-9-6-5-7-10-16/h5-7,9-10,13-14H,3-4,8,11-12,15H2,1-2H3,(H,21,24)(H,22,25). The zero-order valence-electron chi connectivity index (χ0n) is 15.5. The molecule has 0 aliphatic rings. The van der Waals surface area contributed by atoms with Crippen LogP contribution in [0.2, 0.25) is 0 Å². The number of furan rings is 1. The van der Waals surface area contributed by atoms with Crippen molar-refractivity contribution in [2.45, 2.75) is 39.7 Å². The van der Waals surface area contributed by atoms with Crippen molar-refractivity contribution in [2.75, 3.05) is 13.1 Å². The number of hydrogen-bond acceptors (Lipinski definition) is 4. The Morgan fingerprint density at radius 3 is 2.42 bits per heavy atom. The second-order valence-corrected chi connectivity index (χ2v) is 6.07. The van der Waals surface area contributed by atoms with Crippen molar-refractivity contribution in [1.29, 1.82) is 0 Å². The van der Waals surface area contributed by atoms with E-state index in [9.17, 15) is 9.59 Å². The first kappa shape index (κ1) is 19.7. The van der Waals surface area contributed by atoms with E-state index in [4.69, 9.17) is 4.42 Å². The smallest absolute Gasteiger partial charge is 0.305 e. The van der Waals surface area contributed by atoms with Crippen molar-refractivity contribution < 1.29 is 14.0 Å². The van der Waals surface area contributed by atoms with Crippen LogP contribution in [0.1, 0.15) is 48.6 Å². The predicted molar refractivity (Wildman–Crippen MR) is 100 cm³/mol. The highest BCUT2D eigenvalue weighted by atomic mass is 16.4. The molecule has 26 heavy (non-hydrogen) atoms. The van der Waals surface area contributed by atoms with Crippen LogP contribution in [-0.4, -0.2) is 29.8 Å². The molecule has 2 amide bonds. The Balaban J connectivity index is 1.70. The summed E-state index contributed by atoms with van der Waals surface area (Å²) in [6, 6.07) is 13.4. The van der Waals surface area contributed by atoms with E-state index in [1.165, 1.54) is 5.56 Å². The number of amides is 2. The number of rotatable bonds is 9. The summed E-state index contributed by atoms with van der Waals surface area (Å²) < 4.78 is 5.55. The molecule has 6 heteroatoms. The Hall–Kier alpha value is -2.60. The van der Waals surface area contributed by atoms with Crippen molar-refractivity contribution in [3.63, 3.8) is 0 Å². The van der Waals surface area contributed by atoms with E-state index in [1.807, 2.05) is 30.3 Å². The summed E-state index contributed by atoms with van der Waals surface area (Å²) in [5.41, 5.74) is 6.02. The minimum absolute atomic E-state index is 0.191. The number of carbonyl (C=O) groups excluding carboxylic acids is 2. The Bertz CT molecular complexity index is 693. The van der Waals surface area contributed by atoms with Crippen molar-refractivity contribution in [3.05, 3.63) is 59.5 Å². The third-order valence-electron chi connectivity index (χ3n) is 4.19. The van der Waals surface area contributed by atoms with E-state index in [0.29, 0.717) is 13.0 Å². The zero-order valence-corrected chi connectivity index (χ0v) is 15.5. The minimum atomic E-state index is -0.452. The molecule has 0 unspecified atom stereocenters. The van der Waals surface area contributed by atoms with Crippen molar-refractivity contribution >= 4 is 11.8 Å². The normalized spacial score (nSPS) is 10.7. The fraction of sp³-hybridized carbons (Fsp3) is 0.400. The van der Waals surface area contributed by atoms with Gasteiger partial charge < -0.3 is 4.42 Å². The van der Waals surface area contributed by atoms with Gasteiger partial charge in [-0.15, -0.1) is 0 Å². The van der Waals surface area contributed by atoms with Crippen LogP contribution in [0.3, 0.4) is 0 Å². The summed E-state index contributed by atoms with van der Waals surface area (Å²) in [5, 5.41) is 0. The Morgan fingerprint density at radius 1 is 1.00 bits per heavy atom. The summed E-state index contributed by atoms with van der Waals surface area (Å²) in [6.45, 7) is 6.64. The van der Waals surface area contributed by atoms with Gasteiger partial charge in [0.05, 0.1) is 6.54 Å². The molecular formula is C20H27N3O3. The van der Waals surface area contributed by atoms with Gasteiger partial charge >= 0.3 is 5.91 Å². The molecule has 0 saturated heterocycles. The summed E-state index contributed by atoms with van der Waals surface area (Å²) in [4.78, 5) is 26.1. The number of aryl methyl sites for hydroxylation is 1. The quantitative estimate of drug-likeness (QED) is 0.677. The van der Waals surface area contributed by atoms with Gasteiger partial charge in [-0.05, 0) is 43.6 Å². The van der Waals surface area contributed by atoms with Gasteiger partial charge in [0.15, 0.2) is 5.76 Å². The maximum absolute atomic E-state index is 12.0. The molecule has 0 fully saturated rings. The molecule has 2 rings (SSSR count). The van der Waals surface area contributed by atoms with E-state index in [-0.39, 0.29) is 11.7 Å². The average molecular weight is 357 g/mol. The van der Waals surface area contributed by atoms with Gasteiger partial charge in [0, 0.05) is 6.42 Å². The van der Waals surface area contributed by atoms with Gasteiger partial charge in [-0.1, -0.05) is 44.2 Å². The Labute approximate surface area is 154 Å². The molecule has 0 atom stereocenters. The van der Waals surface area contributed by atoms with E-state index in [2.05, 4.69) is 29.6 Å². The van der Waals surface area contributed by atoms with Crippen LogP contribution in [0, 0.1) is 0 Å². The topological polar surface area (TPSA) is 74.6 Å². The number of nitrogens with zero attached hydrogens (tertiary/aromatic N) is 1. The molecular weight excluding hydrogens is 330 g/mol. The molecule has 0 bridgehead atoms. The first-order valence-electron chi connectivity index (χ1n) is 9.06. The van der Waals surface area contributed by atoms with E-state index < -0.39 is 5.91 Å². The highest BCUT2D eigenvalue weighted by molar-refractivity contribution is 5.92. The molecule has 6 nitrogen and oxygen atoms in total. The largest absolute Gasteiger partial charge is 0.454 e. The van der Waals surface area contributed by atoms with E-state index in [1.54, 1.807) is 12.1 Å². The van der Waals surface area contributed by atoms with Gasteiger partial charge in [0.25, 0.3) is 0 Å². The van der Waals surface area contributed by atoms with Crippen molar-refractivity contribution in [2.24, 2.45) is 0 Å². The molecule has 0 saturated carbocycles. The van der Waals surface area contributed by atoms with Crippen LogP contribution in [-0.2, 0) is 17.8 Å². The van der Waals surface area contributed by atoms with Gasteiger partial charge in [0.1, 0.15) is 5.76 Å². The SMILES string of the molecule is CCN(CC)Cc1ccc(C(=O)NNC(=O)CCCc2ccccc2)o1. The second-order valence-electron chi connectivity index (χ2n) is 6.07. The van der Waals surface area contributed by atoms with Gasteiger partial charge in [-0.25, -0.2) is 0 Å². The molecule has 1 aromatic heterocycles. The van der Waals surface area contributed by atoms with Gasteiger partial charge in [0.2, 0.25) is 5.91 Å². The maximum atomic E-state index is 12.0. The van der Waals surface area contributed by atoms with Crippen LogP contribution in [0.25, 0.3) is 0 Å². The summed E-state index contributed by atoms with van der Waals surface area (Å²) in [5.74, 6) is 0.251. The van der Waals surface area contributed by atoms with Crippen LogP contribution >= 0.6 is 0 Å². The molecule has 1 heterocycles. The molecule has 0 spiro atoms. The average Bonchev–Trinajstić information content (AvgIpc) is 3.13. The zero-order chi connectivity index (χ0) is 18.8. The number of benzene rings is 1. The van der Waals surface area contributed by atoms with Crippen LogP contribution < -0.4 is 10.9 Å². The number of hydrazine groups is 1. The second kappa shape index (κ2) is 10.4. The Morgan fingerprint density at radius 2 is 1.73 bits per heavy atom. The third kappa shape index (κ3) is 6.37. The van der Waals surface area contributed by atoms with Crippen LogP contribution in [0.15, 0.2) is 46.9 Å². The van der Waals surface area contributed by atoms with Crippen molar-refractivity contribution in [3.8, 4) is 0 Å². The molecule has 2 N–H and O–H groups in total. The summed E-state index contributed by atoms with van der Waals surface area (Å²) in [6.07, 6.45) is 1.90.